The summed E-state index contributed by atoms with van der Waals surface area (Å²) < 4.78 is 4.93. The van der Waals surface area contributed by atoms with Gasteiger partial charge in [-0.15, -0.1) is 0 Å². The molecule has 478 valence electrons. The number of benzene rings is 13. The first-order valence-corrected chi connectivity index (χ1v) is 36.6. The fourth-order valence-electron chi connectivity index (χ4n) is 20.2. The molecule has 0 atom stereocenters. The Balaban J connectivity index is 0.541. The summed E-state index contributed by atoms with van der Waals surface area (Å²) >= 11 is 0. The zero-order chi connectivity index (χ0) is 66.4. The average Bonchev–Trinajstić information content (AvgIpc) is 1.53. The van der Waals surface area contributed by atoms with Gasteiger partial charge in [0.05, 0.1) is 22.1 Å². The third-order valence-electron chi connectivity index (χ3n) is 25.2. The second-order valence-corrected chi connectivity index (χ2v) is 31.0. The van der Waals surface area contributed by atoms with Crippen LogP contribution in [0.15, 0.2) is 267 Å². The summed E-state index contributed by atoms with van der Waals surface area (Å²) in [6.45, 7) is 9.47. The molecule has 2 saturated carbocycles. The van der Waals surface area contributed by atoms with Crippen LogP contribution in [0.5, 0.6) is 0 Å². The number of fused-ring (bicyclic) bond motifs is 22. The van der Waals surface area contributed by atoms with Crippen LogP contribution >= 0.6 is 0 Å². The van der Waals surface area contributed by atoms with Gasteiger partial charge >= 0.3 is 0 Å². The van der Waals surface area contributed by atoms with Crippen molar-refractivity contribution in [2.75, 3.05) is 0 Å². The topological polar surface area (TPSA) is 9.86 Å². The standard InChI is InChI=1S/C98H76N2/c1-95(2)83-21-9-5-17-71(83)73-45-41-69(57-85(73)95)99-91-23-11-7-19-77(91)81-53-63(33-47-93(81)99)27-25-61-29-35-65(36-30-61)67-39-43-75-79-59-90-80(60-89(79)97(87(75)55-67)49-13-14-50-97)76-44-40-68(56-88(76)98(90)51-15-16-52-98)66-37-31-62(32-38-66)26-28-64-34-48-94-82(54-64)78-20-8-12-24-92(78)100(94)70-42-46-74-72-18-6-10-22-84(72)96(3,4)86(74)58-70/h5-12,17-48,53-60H,13-16,49-52H2,1-4H3/b27-25+,28-26+. The highest BCUT2D eigenvalue weighted by Gasteiger charge is 2.50. The van der Waals surface area contributed by atoms with Crippen LogP contribution in [0.4, 0.5) is 0 Å². The lowest BCUT2D eigenvalue weighted by atomic mass is 9.74. The van der Waals surface area contributed by atoms with E-state index in [9.17, 15) is 0 Å². The molecule has 2 fully saturated rings. The molecular weight excluding hydrogens is 1210 g/mol. The molecule has 2 aromatic heterocycles. The lowest BCUT2D eigenvalue weighted by Gasteiger charge is -2.29. The van der Waals surface area contributed by atoms with E-state index in [1.54, 1.807) is 22.3 Å². The van der Waals surface area contributed by atoms with Gasteiger partial charge in [-0.05, 0) is 244 Å². The number of aromatic nitrogens is 2. The van der Waals surface area contributed by atoms with Crippen LogP contribution in [0.2, 0.25) is 0 Å². The van der Waals surface area contributed by atoms with E-state index in [0.717, 1.165) is 0 Å². The summed E-state index contributed by atoms with van der Waals surface area (Å²) in [7, 11) is 0. The van der Waals surface area contributed by atoms with E-state index in [1.165, 1.54) is 218 Å². The van der Waals surface area contributed by atoms with Gasteiger partial charge in [0, 0.05) is 54.6 Å². The monoisotopic (exact) mass is 1280 g/mol. The van der Waals surface area contributed by atoms with Crippen molar-refractivity contribution in [2.24, 2.45) is 0 Å². The molecule has 6 aliphatic carbocycles. The van der Waals surface area contributed by atoms with Crippen LogP contribution in [0.1, 0.15) is 146 Å². The van der Waals surface area contributed by atoms with Crippen LogP contribution < -0.4 is 0 Å². The van der Waals surface area contributed by atoms with Gasteiger partial charge in [-0.1, -0.05) is 260 Å². The van der Waals surface area contributed by atoms with Gasteiger partial charge in [0.25, 0.3) is 0 Å². The first-order valence-electron chi connectivity index (χ1n) is 36.6. The Labute approximate surface area is 585 Å². The van der Waals surface area contributed by atoms with Crippen LogP contribution in [-0.4, -0.2) is 9.13 Å². The molecule has 15 aromatic rings. The third kappa shape index (κ3) is 8.25. The zero-order valence-electron chi connectivity index (χ0n) is 57.3. The normalized spacial score (nSPS) is 16.5. The predicted molar refractivity (Wildman–Crippen MR) is 421 cm³/mol. The molecule has 0 unspecified atom stereocenters. The van der Waals surface area contributed by atoms with Gasteiger partial charge in [0.2, 0.25) is 0 Å². The largest absolute Gasteiger partial charge is 0.309 e. The Morgan fingerprint density at radius 3 is 1.01 bits per heavy atom. The van der Waals surface area contributed by atoms with E-state index in [-0.39, 0.29) is 21.7 Å². The lowest BCUT2D eigenvalue weighted by Crippen LogP contribution is -2.22. The lowest BCUT2D eigenvalue weighted by molar-refractivity contribution is 0.544. The number of hydrogen-bond donors (Lipinski definition) is 0. The van der Waals surface area contributed by atoms with Gasteiger partial charge < -0.3 is 9.13 Å². The molecule has 6 aliphatic rings. The van der Waals surface area contributed by atoms with E-state index in [0.29, 0.717) is 0 Å². The number of hydrogen-bond acceptors (Lipinski definition) is 0. The second-order valence-electron chi connectivity index (χ2n) is 31.0. The average molecular weight is 1280 g/mol. The van der Waals surface area contributed by atoms with Crippen molar-refractivity contribution in [1.29, 1.82) is 0 Å². The van der Waals surface area contributed by atoms with E-state index in [2.05, 4.69) is 328 Å². The summed E-state index contributed by atoms with van der Waals surface area (Å²) in [6, 6.07) is 103. The van der Waals surface area contributed by atoms with Crippen LogP contribution in [-0.2, 0) is 21.7 Å². The summed E-state index contributed by atoms with van der Waals surface area (Å²) in [5.74, 6) is 0. The van der Waals surface area contributed by atoms with Crippen molar-refractivity contribution in [3.8, 4) is 78.1 Å². The fourth-order valence-corrected chi connectivity index (χ4v) is 20.2. The molecule has 2 nitrogen and oxygen atoms in total. The number of rotatable bonds is 8. The minimum Gasteiger partial charge on any atom is -0.309 e. The quantitative estimate of drug-likeness (QED) is 0.134. The first kappa shape index (κ1) is 58.0. The molecule has 0 N–H and O–H groups in total. The zero-order valence-corrected chi connectivity index (χ0v) is 57.3. The van der Waals surface area contributed by atoms with Crippen molar-refractivity contribution in [1.82, 2.24) is 9.13 Å². The highest BCUT2D eigenvalue weighted by molar-refractivity contribution is 6.11. The molecule has 0 aliphatic heterocycles. The van der Waals surface area contributed by atoms with E-state index in [4.69, 9.17) is 0 Å². The minimum atomic E-state index is -0.0626. The van der Waals surface area contributed by atoms with Crippen LogP contribution in [0, 0.1) is 0 Å². The van der Waals surface area contributed by atoms with Gasteiger partial charge in [-0.3, -0.25) is 0 Å². The third-order valence-corrected chi connectivity index (χ3v) is 25.2. The van der Waals surface area contributed by atoms with Gasteiger partial charge in [0.15, 0.2) is 0 Å². The first-order chi connectivity index (χ1) is 49.0. The Bertz CT molecular complexity index is 5700. The van der Waals surface area contributed by atoms with Gasteiger partial charge in [-0.2, -0.15) is 0 Å². The van der Waals surface area contributed by atoms with Crippen molar-refractivity contribution < 1.29 is 0 Å². The van der Waals surface area contributed by atoms with Gasteiger partial charge in [0.1, 0.15) is 0 Å². The summed E-state index contributed by atoms with van der Waals surface area (Å²) in [5.41, 5.74) is 40.4. The Morgan fingerprint density at radius 1 is 0.240 bits per heavy atom. The molecule has 2 heterocycles. The highest BCUT2D eigenvalue weighted by Crippen LogP contribution is 2.64. The second kappa shape index (κ2) is 21.2. The fraction of sp³-hybridized carbons (Fsp3) is 0.163. The molecular formula is C98H76N2. The summed E-state index contributed by atoms with van der Waals surface area (Å²) in [6.07, 6.45) is 19.0. The van der Waals surface area contributed by atoms with E-state index >= 15 is 0 Å². The maximum absolute atomic E-state index is 2.71. The Kier molecular flexibility index (Phi) is 12.3. The molecule has 0 bridgehead atoms. The van der Waals surface area contributed by atoms with Crippen molar-refractivity contribution >= 4 is 67.9 Å². The molecule has 0 saturated heterocycles. The number of nitrogens with zero attached hydrogens (tertiary/aromatic N) is 2. The molecule has 2 heteroatoms. The molecule has 21 rings (SSSR count). The molecule has 0 amide bonds. The van der Waals surface area contributed by atoms with Crippen molar-refractivity contribution in [3.05, 3.63) is 334 Å². The smallest absolute Gasteiger partial charge is 0.0541 e. The van der Waals surface area contributed by atoms with Crippen LogP contribution in [0.25, 0.3) is 146 Å². The number of para-hydroxylation sites is 2. The summed E-state index contributed by atoms with van der Waals surface area (Å²) in [4.78, 5) is 0. The molecule has 13 aromatic carbocycles. The molecule has 2 spiro atoms. The highest BCUT2D eigenvalue weighted by atomic mass is 15.0. The van der Waals surface area contributed by atoms with E-state index in [1.807, 2.05) is 0 Å². The molecule has 100 heavy (non-hydrogen) atoms. The maximum atomic E-state index is 2.71. The van der Waals surface area contributed by atoms with Crippen molar-refractivity contribution in [2.45, 2.75) is 101 Å². The summed E-state index contributed by atoms with van der Waals surface area (Å²) in [5, 5.41) is 5.09. The minimum absolute atomic E-state index is 0.0419. The molecule has 0 radical (unpaired) electrons. The predicted octanol–water partition coefficient (Wildman–Crippen LogP) is 25.8. The Hall–Kier alpha value is -11.1. The maximum Gasteiger partial charge on any atom is 0.0541 e. The van der Waals surface area contributed by atoms with E-state index < -0.39 is 0 Å². The SMILES string of the molecule is CC1(C)c2ccccc2-c2ccc(-n3c4ccccc4c4cc(/C=C/c5ccc(-c6ccc7c(c6)C6(CCCC6)c6cc8c(cc6-7)C6(CCCC6)c6cc(-c7ccc(/C=C/c9ccc%10c(c9)c9ccccc9n%10-c9ccc%10c(c9)C(C)(C)c9ccccc9-%10)cc7)ccc6-8)cc5)ccc43)cc21. The Morgan fingerprint density at radius 2 is 0.570 bits per heavy atom. The van der Waals surface area contributed by atoms with Crippen LogP contribution in [0.3, 0.4) is 0 Å². The van der Waals surface area contributed by atoms with Crippen molar-refractivity contribution in [3.63, 3.8) is 0 Å². The van der Waals surface area contributed by atoms with Gasteiger partial charge in [-0.25, -0.2) is 0 Å².